The van der Waals surface area contributed by atoms with E-state index in [1.54, 1.807) is 0 Å². The normalized spacial score (nSPS) is 10.3. The fourth-order valence-corrected chi connectivity index (χ4v) is 1.47. The fourth-order valence-electron chi connectivity index (χ4n) is 1.47. The van der Waals surface area contributed by atoms with Crippen LogP contribution in [0.1, 0.15) is 52.4 Å². The van der Waals surface area contributed by atoms with Gasteiger partial charge in [-0.05, 0) is 18.9 Å². The van der Waals surface area contributed by atoms with Crippen LogP contribution in [0.5, 0.6) is 0 Å². The zero-order chi connectivity index (χ0) is 13.1. The Balaban J connectivity index is 3.22. The van der Waals surface area contributed by atoms with Gasteiger partial charge < -0.3 is 5.32 Å². The Morgan fingerprint density at radius 3 is 2.29 bits per heavy atom. The summed E-state index contributed by atoms with van der Waals surface area (Å²) in [5.41, 5.74) is 0. The molecule has 98 valence electrons. The standard InChI is InChI=1S/C14H25NO2/c1-4-13(16)10-8-6-5-7-9-11-15-14(17)12(2)3/h4,12H,1,5-11H2,2-3H3,(H,15,17). The van der Waals surface area contributed by atoms with Crippen LogP contribution >= 0.6 is 0 Å². The zero-order valence-corrected chi connectivity index (χ0v) is 11.1. The first-order valence-corrected chi connectivity index (χ1v) is 6.51. The maximum Gasteiger partial charge on any atom is 0.222 e. The highest BCUT2D eigenvalue weighted by Crippen LogP contribution is 2.05. The largest absolute Gasteiger partial charge is 0.356 e. The maximum atomic E-state index is 11.2. The Labute approximate surface area is 105 Å². The van der Waals surface area contributed by atoms with Crippen molar-refractivity contribution in [3.8, 4) is 0 Å². The van der Waals surface area contributed by atoms with E-state index in [2.05, 4.69) is 11.9 Å². The second-order valence-corrected chi connectivity index (χ2v) is 4.63. The number of rotatable bonds is 10. The van der Waals surface area contributed by atoms with Crippen LogP contribution in [0, 0.1) is 5.92 Å². The molecule has 0 aliphatic rings. The second-order valence-electron chi connectivity index (χ2n) is 4.63. The number of carbonyl (C=O) groups excluding carboxylic acids is 2. The SMILES string of the molecule is C=CC(=O)CCCCCCCNC(=O)C(C)C. The third-order valence-corrected chi connectivity index (χ3v) is 2.65. The topological polar surface area (TPSA) is 46.2 Å². The Morgan fingerprint density at radius 2 is 1.71 bits per heavy atom. The van der Waals surface area contributed by atoms with Crippen molar-refractivity contribution in [2.45, 2.75) is 52.4 Å². The molecule has 0 unspecified atom stereocenters. The Bertz CT molecular complexity index is 247. The summed E-state index contributed by atoms with van der Waals surface area (Å²) in [6, 6.07) is 0. The number of nitrogens with one attached hydrogen (secondary N) is 1. The molecule has 0 atom stereocenters. The smallest absolute Gasteiger partial charge is 0.222 e. The highest BCUT2D eigenvalue weighted by Gasteiger charge is 2.04. The van der Waals surface area contributed by atoms with Crippen LogP contribution in [-0.2, 0) is 9.59 Å². The minimum atomic E-state index is 0.0694. The molecule has 1 N–H and O–H groups in total. The van der Waals surface area contributed by atoms with Gasteiger partial charge in [0.25, 0.3) is 0 Å². The summed E-state index contributed by atoms with van der Waals surface area (Å²) < 4.78 is 0. The van der Waals surface area contributed by atoms with Gasteiger partial charge in [-0.1, -0.05) is 39.7 Å². The van der Waals surface area contributed by atoms with E-state index in [0.717, 1.165) is 38.6 Å². The van der Waals surface area contributed by atoms with E-state index in [-0.39, 0.29) is 17.6 Å². The van der Waals surface area contributed by atoms with Crippen LogP contribution in [0.2, 0.25) is 0 Å². The van der Waals surface area contributed by atoms with Gasteiger partial charge in [-0.3, -0.25) is 9.59 Å². The first kappa shape index (κ1) is 15.9. The van der Waals surface area contributed by atoms with Crippen molar-refractivity contribution < 1.29 is 9.59 Å². The van der Waals surface area contributed by atoms with Gasteiger partial charge in [0.15, 0.2) is 5.78 Å². The molecular formula is C14H25NO2. The molecule has 0 aliphatic heterocycles. The highest BCUT2D eigenvalue weighted by molar-refractivity contribution is 5.88. The van der Waals surface area contributed by atoms with Crippen LogP contribution in [0.25, 0.3) is 0 Å². The summed E-state index contributed by atoms with van der Waals surface area (Å²) in [6.45, 7) is 8.00. The maximum absolute atomic E-state index is 11.2. The Morgan fingerprint density at radius 1 is 1.12 bits per heavy atom. The van der Waals surface area contributed by atoms with E-state index in [1.165, 1.54) is 6.08 Å². The summed E-state index contributed by atoms with van der Waals surface area (Å²) in [4.78, 5) is 22.1. The van der Waals surface area contributed by atoms with E-state index in [1.807, 2.05) is 13.8 Å². The van der Waals surface area contributed by atoms with Crippen molar-refractivity contribution >= 4 is 11.7 Å². The molecule has 0 fully saturated rings. The first-order chi connectivity index (χ1) is 8.07. The molecule has 3 nitrogen and oxygen atoms in total. The molecule has 0 spiro atoms. The van der Waals surface area contributed by atoms with Crippen molar-refractivity contribution in [2.24, 2.45) is 5.92 Å². The lowest BCUT2D eigenvalue weighted by atomic mass is 10.1. The number of hydrogen-bond donors (Lipinski definition) is 1. The molecule has 0 aliphatic carbocycles. The molecule has 0 aromatic carbocycles. The molecule has 0 radical (unpaired) electrons. The molecule has 0 saturated heterocycles. The van der Waals surface area contributed by atoms with Crippen molar-refractivity contribution in [2.75, 3.05) is 6.54 Å². The van der Waals surface area contributed by atoms with Crippen molar-refractivity contribution in [1.82, 2.24) is 5.32 Å². The van der Waals surface area contributed by atoms with E-state index in [0.29, 0.717) is 6.42 Å². The lowest BCUT2D eigenvalue weighted by Crippen LogP contribution is -2.28. The minimum absolute atomic E-state index is 0.0694. The molecule has 0 aromatic rings. The molecule has 1 amide bonds. The summed E-state index contributed by atoms with van der Waals surface area (Å²) in [5.74, 6) is 0.329. The number of hydrogen-bond acceptors (Lipinski definition) is 2. The average Bonchev–Trinajstić information content (AvgIpc) is 2.31. The minimum Gasteiger partial charge on any atom is -0.356 e. The van der Waals surface area contributed by atoms with Crippen LogP contribution in [0.15, 0.2) is 12.7 Å². The third kappa shape index (κ3) is 9.79. The van der Waals surface area contributed by atoms with Crippen LogP contribution in [0.3, 0.4) is 0 Å². The van der Waals surface area contributed by atoms with Crippen molar-refractivity contribution in [3.05, 3.63) is 12.7 Å². The van der Waals surface area contributed by atoms with Gasteiger partial charge in [0.1, 0.15) is 0 Å². The molecule has 0 aromatic heterocycles. The van der Waals surface area contributed by atoms with Gasteiger partial charge in [-0.25, -0.2) is 0 Å². The van der Waals surface area contributed by atoms with Crippen LogP contribution in [-0.4, -0.2) is 18.2 Å². The Kier molecular flexibility index (Phi) is 9.40. The van der Waals surface area contributed by atoms with E-state index in [9.17, 15) is 9.59 Å². The van der Waals surface area contributed by atoms with Gasteiger partial charge in [0.2, 0.25) is 5.91 Å². The molecule has 0 rings (SSSR count). The number of allylic oxidation sites excluding steroid dienone is 1. The fraction of sp³-hybridized carbons (Fsp3) is 0.714. The zero-order valence-electron chi connectivity index (χ0n) is 11.1. The van der Waals surface area contributed by atoms with Crippen LogP contribution in [0.4, 0.5) is 0 Å². The predicted molar refractivity (Wildman–Crippen MR) is 70.8 cm³/mol. The molecular weight excluding hydrogens is 214 g/mol. The van der Waals surface area contributed by atoms with Gasteiger partial charge in [-0.15, -0.1) is 0 Å². The Hall–Kier alpha value is -1.12. The number of carbonyl (C=O) groups is 2. The number of amides is 1. The summed E-state index contributed by atoms with van der Waals surface area (Å²) >= 11 is 0. The van der Waals surface area contributed by atoms with Gasteiger partial charge in [0.05, 0.1) is 0 Å². The lowest BCUT2D eigenvalue weighted by Gasteiger charge is -2.07. The summed E-state index contributed by atoms with van der Waals surface area (Å²) in [5, 5.41) is 2.89. The molecule has 0 heterocycles. The van der Waals surface area contributed by atoms with E-state index < -0.39 is 0 Å². The first-order valence-electron chi connectivity index (χ1n) is 6.51. The molecule has 17 heavy (non-hydrogen) atoms. The number of unbranched alkanes of at least 4 members (excludes halogenated alkanes) is 4. The average molecular weight is 239 g/mol. The second kappa shape index (κ2) is 10.1. The van der Waals surface area contributed by atoms with Gasteiger partial charge >= 0.3 is 0 Å². The summed E-state index contributed by atoms with van der Waals surface area (Å²) in [6.07, 6.45) is 7.30. The van der Waals surface area contributed by atoms with Crippen molar-refractivity contribution in [3.63, 3.8) is 0 Å². The predicted octanol–water partition coefficient (Wildman–Crippen LogP) is 2.85. The summed E-state index contributed by atoms with van der Waals surface area (Å²) in [7, 11) is 0. The van der Waals surface area contributed by atoms with E-state index in [4.69, 9.17) is 0 Å². The van der Waals surface area contributed by atoms with Gasteiger partial charge in [-0.2, -0.15) is 0 Å². The third-order valence-electron chi connectivity index (χ3n) is 2.65. The van der Waals surface area contributed by atoms with Crippen LogP contribution < -0.4 is 5.32 Å². The monoisotopic (exact) mass is 239 g/mol. The quantitative estimate of drug-likeness (QED) is 0.470. The number of ketones is 1. The van der Waals surface area contributed by atoms with E-state index >= 15 is 0 Å². The van der Waals surface area contributed by atoms with Gasteiger partial charge in [0, 0.05) is 18.9 Å². The highest BCUT2D eigenvalue weighted by atomic mass is 16.1. The van der Waals surface area contributed by atoms with Crippen molar-refractivity contribution in [1.29, 1.82) is 0 Å². The molecule has 0 saturated carbocycles. The molecule has 3 heteroatoms. The lowest BCUT2D eigenvalue weighted by molar-refractivity contribution is -0.124. The molecule has 0 bridgehead atoms.